The van der Waals surface area contributed by atoms with E-state index in [0.29, 0.717) is 43.2 Å². The molecule has 2 fully saturated rings. The highest BCUT2D eigenvalue weighted by atomic mass is 16.6. The Balaban J connectivity index is 1.73. The number of amides is 1. The summed E-state index contributed by atoms with van der Waals surface area (Å²) in [5.74, 6) is -1.29. The molecule has 10 heteroatoms. The molecule has 0 aromatic heterocycles. The van der Waals surface area contributed by atoms with Gasteiger partial charge >= 0.3 is 0 Å². The molecule has 1 unspecified atom stereocenters. The number of Topliss-reactive ketones (excluding diaryl/α,β-unsaturated/α-hetero) is 1. The second-order valence-corrected chi connectivity index (χ2v) is 8.67. The van der Waals surface area contributed by atoms with E-state index in [0.717, 1.165) is 19.5 Å². The van der Waals surface area contributed by atoms with E-state index in [1.165, 1.54) is 29.2 Å². The molecular formula is C26H29N3O7. The van der Waals surface area contributed by atoms with E-state index in [4.69, 9.17) is 9.47 Å². The van der Waals surface area contributed by atoms with Crippen molar-refractivity contribution in [2.24, 2.45) is 0 Å². The van der Waals surface area contributed by atoms with Crippen molar-refractivity contribution in [2.45, 2.75) is 19.4 Å². The number of rotatable bonds is 9. The Kier molecular flexibility index (Phi) is 7.97. The van der Waals surface area contributed by atoms with E-state index < -0.39 is 22.7 Å². The summed E-state index contributed by atoms with van der Waals surface area (Å²) in [6.07, 6.45) is 0.810. The van der Waals surface area contributed by atoms with Crippen LogP contribution in [0.4, 0.5) is 5.69 Å². The van der Waals surface area contributed by atoms with Gasteiger partial charge in [-0.05, 0) is 36.2 Å². The molecule has 0 bridgehead atoms. The van der Waals surface area contributed by atoms with Gasteiger partial charge in [0, 0.05) is 43.9 Å². The maximum atomic E-state index is 13.2. The Morgan fingerprint density at radius 1 is 1.14 bits per heavy atom. The minimum absolute atomic E-state index is 0.0523. The number of benzene rings is 2. The summed E-state index contributed by atoms with van der Waals surface area (Å²) in [5.41, 5.74) is 0.691. The molecule has 0 radical (unpaired) electrons. The Labute approximate surface area is 208 Å². The standard InChI is InChI=1S/C26H29N3O7/c1-2-14-36-21-5-3-4-19(17-21)24(30)22-23(18-6-8-20(9-7-18)29(33)34)28(26(32)25(22)31)11-10-27-12-15-35-16-13-27/h3-9,17,23,30H,2,10-16H2,1H3. The summed E-state index contributed by atoms with van der Waals surface area (Å²) >= 11 is 0. The number of carbonyl (C=O) groups excluding carboxylic acids is 2. The molecule has 2 aromatic rings. The molecule has 2 saturated heterocycles. The second-order valence-electron chi connectivity index (χ2n) is 8.67. The molecule has 1 N–H and O–H groups in total. The zero-order valence-electron chi connectivity index (χ0n) is 20.1. The van der Waals surface area contributed by atoms with Crippen molar-refractivity contribution in [1.82, 2.24) is 9.80 Å². The normalized spacial score (nSPS) is 20.0. The molecule has 2 aliphatic rings. The predicted molar refractivity (Wildman–Crippen MR) is 132 cm³/mol. The fraction of sp³-hybridized carbons (Fsp3) is 0.385. The van der Waals surface area contributed by atoms with Crippen molar-refractivity contribution in [2.75, 3.05) is 46.0 Å². The van der Waals surface area contributed by atoms with Crippen molar-refractivity contribution in [3.8, 4) is 5.75 Å². The van der Waals surface area contributed by atoms with Gasteiger partial charge in [-0.2, -0.15) is 0 Å². The molecule has 1 amide bonds. The molecule has 2 heterocycles. The Morgan fingerprint density at radius 3 is 2.53 bits per heavy atom. The molecule has 2 aromatic carbocycles. The van der Waals surface area contributed by atoms with E-state index in [-0.39, 0.29) is 23.6 Å². The van der Waals surface area contributed by atoms with Gasteiger partial charge in [0.15, 0.2) is 0 Å². The highest BCUT2D eigenvalue weighted by molar-refractivity contribution is 6.46. The minimum atomic E-state index is -0.882. The maximum absolute atomic E-state index is 13.2. The van der Waals surface area contributed by atoms with Crippen LogP contribution in [0.5, 0.6) is 5.75 Å². The van der Waals surface area contributed by atoms with Crippen LogP contribution in [0, 0.1) is 10.1 Å². The Bertz CT molecular complexity index is 1160. The van der Waals surface area contributed by atoms with Crippen molar-refractivity contribution >= 4 is 23.1 Å². The number of ketones is 1. The summed E-state index contributed by atoms with van der Waals surface area (Å²) in [6.45, 7) is 5.89. The summed E-state index contributed by atoms with van der Waals surface area (Å²) in [5, 5.41) is 22.4. The number of hydrogen-bond acceptors (Lipinski definition) is 8. The number of hydrogen-bond donors (Lipinski definition) is 1. The number of non-ortho nitro benzene ring substituents is 1. The van der Waals surface area contributed by atoms with Crippen molar-refractivity contribution in [3.05, 3.63) is 75.3 Å². The summed E-state index contributed by atoms with van der Waals surface area (Å²) < 4.78 is 11.0. The van der Waals surface area contributed by atoms with Crippen molar-refractivity contribution in [3.63, 3.8) is 0 Å². The van der Waals surface area contributed by atoms with Gasteiger partial charge in [-0.1, -0.05) is 19.1 Å². The van der Waals surface area contributed by atoms with E-state index in [9.17, 15) is 24.8 Å². The van der Waals surface area contributed by atoms with Gasteiger partial charge in [-0.3, -0.25) is 24.6 Å². The highest BCUT2D eigenvalue weighted by Crippen LogP contribution is 2.40. The van der Waals surface area contributed by atoms with Gasteiger partial charge in [0.1, 0.15) is 11.5 Å². The van der Waals surface area contributed by atoms with Crippen LogP contribution in [0.15, 0.2) is 54.1 Å². The first kappa shape index (κ1) is 25.3. The smallest absolute Gasteiger partial charge is 0.295 e. The van der Waals surface area contributed by atoms with Crippen LogP contribution in [0.1, 0.15) is 30.5 Å². The summed E-state index contributed by atoms with van der Waals surface area (Å²) in [6, 6.07) is 11.5. The number of ether oxygens (including phenoxy) is 2. The van der Waals surface area contributed by atoms with E-state index in [1.54, 1.807) is 24.3 Å². The Hall–Kier alpha value is -3.76. The average Bonchev–Trinajstić information content (AvgIpc) is 3.16. The molecule has 0 aliphatic carbocycles. The number of nitro benzene ring substituents is 1. The SMILES string of the molecule is CCCOc1cccc(C(O)=C2C(=O)C(=O)N(CCN3CCOCC3)C2c2ccc([N+](=O)[O-])cc2)c1. The molecule has 0 saturated carbocycles. The lowest BCUT2D eigenvalue weighted by atomic mass is 9.95. The molecule has 0 spiro atoms. The van der Waals surface area contributed by atoms with E-state index in [1.807, 2.05) is 6.92 Å². The van der Waals surface area contributed by atoms with Crippen LogP contribution < -0.4 is 4.74 Å². The van der Waals surface area contributed by atoms with Gasteiger partial charge in [0.2, 0.25) is 0 Å². The van der Waals surface area contributed by atoms with Gasteiger partial charge in [-0.15, -0.1) is 0 Å². The van der Waals surface area contributed by atoms with Crippen LogP contribution >= 0.6 is 0 Å². The number of nitrogens with zero attached hydrogens (tertiary/aromatic N) is 3. The predicted octanol–water partition coefficient (Wildman–Crippen LogP) is 3.14. The summed E-state index contributed by atoms with van der Waals surface area (Å²) in [7, 11) is 0. The van der Waals surface area contributed by atoms with E-state index >= 15 is 0 Å². The van der Waals surface area contributed by atoms with Gasteiger partial charge in [-0.25, -0.2) is 0 Å². The third-order valence-electron chi connectivity index (χ3n) is 6.30. The van der Waals surface area contributed by atoms with Crippen LogP contribution in [0.25, 0.3) is 5.76 Å². The van der Waals surface area contributed by atoms with Crippen molar-refractivity contribution in [1.29, 1.82) is 0 Å². The molecular weight excluding hydrogens is 466 g/mol. The first-order chi connectivity index (χ1) is 17.4. The zero-order valence-corrected chi connectivity index (χ0v) is 20.1. The third kappa shape index (κ3) is 5.39. The van der Waals surface area contributed by atoms with Crippen molar-refractivity contribution < 1.29 is 29.1 Å². The lowest BCUT2D eigenvalue weighted by Crippen LogP contribution is -2.42. The van der Waals surface area contributed by atoms with Gasteiger partial charge in [0.05, 0.1) is 36.4 Å². The molecule has 2 aliphatic heterocycles. The number of morpholine rings is 1. The minimum Gasteiger partial charge on any atom is -0.507 e. The van der Waals surface area contributed by atoms with Crippen LogP contribution in [-0.2, 0) is 14.3 Å². The number of aliphatic hydroxyl groups is 1. The van der Waals surface area contributed by atoms with Crippen LogP contribution in [0.2, 0.25) is 0 Å². The van der Waals surface area contributed by atoms with Gasteiger partial charge < -0.3 is 19.5 Å². The van der Waals surface area contributed by atoms with Gasteiger partial charge in [0.25, 0.3) is 17.4 Å². The largest absolute Gasteiger partial charge is 0.507 e. The summed E-state index contributed by atoms with van der Waals surface area (Å²) in [4.78, 5) is 40.6. The average molecular weight is 496 g/mol. The van der Waals surface area contributed by atoms with E-state index in [2.05, 4.69) is 4.90 Å². The fourth-order valence-electron chi connectivity index (χ4n) is 4.42. The topological polar surface area (TPSA) is 122 Å². The monoisotopic (exact) mass is 495 g/mol. The first-order valence-corrected chi connectivity index (χ1v) is 12.0. The van der Waals surface area contributed by atoms with Crippen LogP contribution in [0.3, 0.4) is 0 Å². The molecule has 190 valence electrons. The molecule has 10 nitrogen and oxygen atoms in total. The maximum Gasteiger partial charge on any atom is 0.295 e. The molecule has 4 rings (SSSR count). The highest BCUT2D eigenvalue weighted by Gasteiger charge is 2.46. The molecule has 1 atom stereocenters. The number of carbonyl (C=O) groups is 2. The third-order valence-corrected chi connectivity index (χ3v) is 6.30. The number of aliphatic hydroxyl groups excluding tert-OH is 1. The number of nitro groups is 1. The fourth-order valence-corrected chi connectivity index (χ4v) is 4.42. The Morgan fingerprint density at radius 2 is 1.86 bits per heavy atom. The first-order valence-electron chi connectivity index (χ1n) is 12.0. The van der Waals surface area contributed by atoms with Crippen LogP contribution in [-0.4, -0.2) is 77.5 Å². The lowest BCUT2D eigenvalue weighted by Gasteiger charge is -2.31. The number of likely N-dealkylation sites (tertiary alicyclic amines) is 1. The second kappa shape index (κ2) is 11.3. The lowest BCUT2D eigenvalue weighted by molar-refractivity contribution is -0.384. The zero-order chi connectivity index (χ0) is 25.7. The molecule has 36 heavy (non-hydrogen) atoms. The quantitative estimate of drug-likeness (QED) is 0.185.